The minimum Gasteiger partial charge on any atom is -0.379 e. The molecule has 20 heavy (non-hydrogen) atoms. The fourth-order valence-electron chi connectivity index (χ4n) is 3.04. The van der Waals surface area contributed by atoms with Crippen LogP contribution in [0.25, 0.3) is 0 Å². The van der Waals surface area contributed by atoms with E-state index in [2.05, 4.69) is 5.10 Å². The predicted molar refractivity (Wildman–Crippen MR) is 75.2 cm³/mol. The first kappa shape index (κ1) is 13.6. The molecule has 1 N–H and O–H groups in total. The molecule has 0 amide bonds. The monoisotopic (exact) mass is 294 g/mol. The van der Waals surface area contributed by atoms with E-state index < -0.39 is 5.60 Å². The number of rotatable bonds is 3. The summed E-state index contributed by atoms with van der Waals surface area (Å²) in [5.74, 6) is -0.267. The van der Waals surface area contributed by atoms with Crippen molar-refractivity contribution >= 4 is 11.6 Å². The summed E-state index contributed by atoms with van der Waals surface area (Å²) in [5.41, 5.74) is 0.512. The van der Waals surface area contributed by atoms with Gasteiger partial charge in [0.05, 0.1) is 16.9 Å². The van der Waals surface area contributed by atoms with E-state index in [0.29, 0.717) is 41.2 Å². The lowest BCUT2D eigenvalue weighted by Crippen LogP contribution is -2.28. The molecule has 1 aliphatic carbocycles. The van der Waals surface area contributed by atoms with E-state index in [9.17, 15) is 9.50 Å². The Morgan fingerprint density at radius 3 is 3.05 bits per heavy atom. The topological polar surface area (TPSA) is 38.0 Å². The molecule has 1 atom stereocenters. The highest BCUT2D eigenvalue weighted by molar-refractivity contribution is 6.31. The summed E-state index contributed by atoms with van der Waals surface area (Å²) in [7, 11) is 0. The molecule has 0 fully saturated rings. The molecule has 0 saturated carbocycles. The molecule has 0 bridgehead atoms. The van der Waals surface area contributed by atoms with Crippen molar-refractivity contribution in [3.8, 4) is 0 Å². The minimum absolute atomic E-state index is 0.267. The van der Waals surface area contributed by atoms with Gasteiger partial charge >= 0.3 is 0 Å². The van der Waals surface area contributed by atoms with Crippen LogP contribution in [0.2, 0.25) is 5.02 Å². The molecule has 1 aliphatic rings. The van der Waals surface area contributed by atoms with Crippen LogP contribution < -0.4 is 0 Å². The van der Waals surface area contributed by atoms with Crippen molar-refractivity contribution in [2.45, 2.75) is 38.3 Å². The van der Waals surface area contributed by atoms with Crippen LogP contribution in [0.5, 0.6) is 0 Å². The summed E-state index contributed by atoms with van der Waals surface area (Å²) in [4.78, 5) is 0. The van der Waals surface area contributed by atoms with Crippen molar-refractivity contribution in [1.82, 2.24) is 9.78 Å². The van der Waals surface area contributed by atoms with E-state index in [1.165, 1.54) is 6.07 Å². The largest absolute Gasteiger partial charge is 0.379 e. The average Bonchev–Trinajstić information content (AvgIpc) is 2.94. The third-order valence-electron chi connectivity index (χ3n) is 3.92. The SMILES string of the molecule is CCCn1ncc(Cl)c1C1(O)CCc2c(F)cccc21. The highest BCUT2D eigenvalue weighted by Gasteiger charge is 2.43. The molecule has 3 nitrogen and oxygen atoms in total. The molecule has 0 spiro atoms. The van der Waals surface area contributed by atoms with Crippen LogP contribution in [0, 0.1) is 5.82 Å². The van der Waals surface area contributed by atoms with E-state index in [4.69, 9.17) is 11.6 Å². The predicted octanol–water partition coefficient (Wildman–Crippen LogP) is 3.27. The van der Waals surface area contributed by atoms with Crippen molar-refractivity contribution in [3.05, 3.63) is 52.1 Å². The van der Waals surface area contributed by atoms with Gasteiger partial charge < -0.3 is 5.11 Å². The van der Waals surface area contributed by atoms with Crippen molar-refractivity contribution in [2.24, 2.45) is 0 Å². The van der Waals surface area contributed by atoms with Gasteiger partial charge in [0.2, 0.25) is 0 Å². The number of nitrogens with zero attached hydrogens (tertiary/aromatic N) is 2. The number of aliphatic hydroxyl groups is 1. The van der Waals surface area contributed by atoms with Gasteiger partial charge in [-0.25, -0.2) is 4.39 Å². The van der Waals surface area contributed by atoms with Crippen molar-refractivity contribution in [2.75, 3.05) is 0 Å². The lowest BCUT2D eigenvalue weighted by molar-refractivity contribution is 0.0727. The van der Waals surface area contributed by atoms with E-state index in [-0.39, 0.29) is 5.82 Å². The Balaban J connectivity index is 2.17. The zero-order valence-electron chi connectivity index (χ0n) is 11.2. The van der Waals surface area contributed by atoms with E-state index >= 15 is 0 Å². The van der Waals surface area contributed by atoms with Gasteiger partial charge in [-0.3, -0.25) is 4.68 Å². The van der Waals surface area contributed by atoms with Gasteiger partial charge in [0.15, 0.2) is 0 Å². The molecule has 5 heteroatoms. The molecular formula is C15H16ClFN2O. The molecule has 1 unspecified atom stereocenters. The second kappa shape index (κ2) is 4.86. The summed E-state index contributed by atoms with van der Waals surface area (Å²) >= 11 is 6.22. The van der Waals surface area contributed by atoms with Gasteiger partial charge in [-0.1, -0.05) is 30.7 Å². The third kappa shape index (κ3) is 1.86. The summed E-state index contributed by atoms with van der Waals surface area (Å²) in [6.07, 6.45) is 3.36. The number of fused-ring (bicyclic) bond motifs is 1. The van der Waals surface area contributed by atoms with Gasteiger partial charge in [-0.2, -0.15) is 5.10 Å². The van der Waals surface area contributed by atoms with Crippen LogP contribution in [-0.4, -0.2) is 14.9 Å². The molecule has 0 aliphatic heterocycles. The van der Waals surface area contributed by atoms with Crippen LogP contribution in [0.1, 0.15) is 36.6 Å². The second-order valence-electron chi connectivity index (χ2n) is 5.19. The maximum atomic E-state index is 13.9. The first-order chi connectivity index (χ1) is 9.58. The zero-order chi connectivity index (χ0) is 14.3. The lowest BCUT2D eigenvalue weighted by Gasteiger charge is -2.25. The number of halogens is 2. The number of benzene rings is 1. The molecule has 3 rings (SSSR count). The molecule has 0 saturated heterocycles. The molecular weight excluding hydrogens is 279 g/mol. The summed E-state index contributed by atoms with van der Waals surface area (Å²) in [6, 6.07) is 4.82. The third-order valence-corrected chi connectivity index (χ3v) is 4.20. The summed E-state index contributed by atoms with van der Waals surface area (Å²) < 4.78 is 15.6. The number of aryl methyl sites for hydroxylation is 1. The van der Waals surface area contributed by atoms with Gasteiger partial charge in [-0.05, 0) is 36.5 Å². The maximum absolute atomic E-state index is 13.9. The van der Waals surface area contributed by atoms with Gasteiger partial charge in [0, 0.05) is 6.54 Å². The summed E-state index contributed by atoms with van der Waals surface area (Å²) in [6.45, 7) is 2.71. The Labute approximate surface area is 122 Å². The Kier molecular flexibility index (Phi) is 3.30. The Bertz CT molecular complexity index is 655. The Morgan fingerprint density at radius 1 is 1.50 bits per heavy atom. The number of hydrogen-bond acceptors (Lipinski definition) is 2. The normalized spacial score (nSPS) is 21.2. The van der Waals surface area contributed by atoms with Crippen LogP contribution in [0.15, 0.2) is 24.4 Å². The van der Waals surface area contributed by atoms with Crippen LogP contribution in [0.3, 0.4) is 0 Å². The fraction of sp³-hybridized carbons (Fsp3) is 0.400. The zero-order valence-corrected chi connectivity index (χ0v) is 12.0. The van der Waals surface area contributed by atoms with Crippen molar-refractivity contribution < 1.29 is 9.50 Å². The molecule has 106 valence electrons. The summed E-state index contributed by atoms with van der Waals surface area (Å²) in [5, 5.41) is 15.8. The smallest absolute Gasteiger partial charge is 0.133 e. The van der Waals surface area contributed by atoms with Crippen LogP contribution in [0.4, 0.5) is 4.39 Å². The highest BCUT2D eigenvalue weighted by Crippen LogP contribution is 2.45. The molecule has 2 aromatic rings. The number of hydrogen-bond donors (Lipinski definition) is 1. The van der Waals surface area contributed by atoms with E-state index in [1.807, 2.05) is 6.92 Å². The Morgan fingerprint density at radius 2 is 2.30 bits per heavy atom. The van der Waals surface area contributed by atoms with Crippen LogP contribution in [-0.2, 0) is 18.6 Å². The molecule has 1 heterocycles. The van der Waals surface area contributed by atoms with Crippen molar-refractivity contribution in [3.63, 3.8) is 0 Å². The quantitative estimate of drug-likeness (QED) is 0.943. The van der Waals surface area contributed by atoms with Gasteiger partial charge in [-0.15, -0.1) is 0 Å². The Hall–Kier alpha value is -1.39. The first-order valence-corrected chi connectivity index (χ1v) is 7.17. The van der Waals surface area contributed by atoms with Crippen molar-refractivity contribution in [1.29, 1.82) is 0 Å². The van der Waals surface area contributed by atoms with Gasteiger partial charge in [0.1, 0.15) is 11.4 Å². The van der Waals surface area contributed by atoms with E-state index in [0.717, 1.165) is 6.42 Å². The number of aromatic nitrogens is 2. The molecule has 1 aromatic heterocycles. The average molecular weight is 295 g/mol. The first-order valence-electron chi connectivity index (χ1n) is 6.80. The highest BCUT2D eigenvalue weighted by atomic mass is 35.5. The lowest BCUT2D eigenvalue weighted by atomic mass is 9.92. The second-order valence-corrected chi connectivity index (χ2v) is 5.60. The van der Waals surface area contributed by atoms with E-state index in [1.54, 1.807) is 23.0 Å². The molecule has 1 aromatic carbocycles. The minimum atomic E-state index is -1.25. The maximum Gasteiger partial charge on any atom is 0.133 e. The molecule has 0 radical (unpaired) electrons. The van der Waals surface area contributed by atoms with Gasteiger partial charge in [0.25, 0.3) is 0 Å². The van der Waals surface area contributed by atoms with Crippen LogP contribution >= 0.6 is 11.6 Å². The fourth-order valence-corrected chi connectivity index (χ4v) is 3.34. The standard InChI is InChI=1S/C15H16ClFN2O/c1-2-8-19-14(12(16)9-18-19)15(20)7-6-10-11(15)4-3-5-13(10)17/h3-5,9,20H,2,6-8H2,1H3.